The van der Waals surface area contributed by atoms with Crippen molar-refractivity contribution in [1.82, 2.24) is 0 Å². The van der Waals surface area contributed by atoms with Crippen LogP contribution in [0, 0.1) is 11.6 Å². The molecule has 1 nitrogen and oxygen atoms in total. The van der Waals surface area contributed by atoms with E-state index in [2.05, 4.69) is 15.9 Å². The van der Waals surface area contributed by atoms with Crippen molar-refractivity contribution < 1.29 is 13.9 Å². The van der Waals surface area contributed by atoms with Crippen LogP contribution in [0.2, 0.25) is 0 Å². The van der Waals surface area contributed by atoms with Crippen molar-refractivity contribution in [3.05, 3.63) is 58.1 Å². The molecule has 0 heterocycles. The zero-order valence-corrected chi connectivity index (χ0v) is 12.4. The van der Waals surface area contributed by atoms with Crippen molar-refractivity contribution in [3.8, 4) is 0 Å². The highest BCUT2D eigenvalue weighted by Crippen LogP contribution is 2.36. The fourth-order valence-corrected chi connectivity index (χ4v) is 3.04. The molecule has 0 aliphatic heterocycles. The van der Waals surface area contributed by atoms with Crippen molar-refractivity contribution in [3.63, 3.8) is 0 Å². The van der Waals surface area contributed by atoms with Crippen LogP contribution in [0.1, 0.15) is 18.6 Å². The first kappa shape index (κ1) is 14.5. The molecule has 0 aromatic heterocycles. The molecular weight excluding hydrogens is 334 g/mol. The van der Waals surface area contributed by atoms with E-state index < -0.39 is 17.7 Å². The van der Waals surface area contributed by atoms with E-state index in [-0.39, 0.29) is 4.90 Å². The molecular formula is C14H11BrF2OS. The van der Waals surface area contributed by atoms with Gasteiger partial charge in [-0.1, -0.05) is 17.8 Å². The highest BCUT2D eigenvalue weighted by molar-refractivity contribution is 9.10. The highest BCUT2D eigenvalue weighted by Gasteiger charge is 2.10. The van der Waals surface area contributed by atoms with Crippen LogP contribution in [0.4, 0.5) is 8.78 Å². The molecule has 0 saturated heterocycles. The first-order chi connectivity index (χ1) is 8.97. The van der Waals surface area contributed by atoms with Gasteiger partial charge >= 0.3 is 0 Å². The van der Waals surface area contributed by atoms with Gasteiger partial charge in [0.2, 0.25) is 0 Å². The minimum Gasteiger partial charge on any atom is -0.389 e. The third-order valence-electron chi connectivity index (χ3n) is 2.55. The summed E-state index contributed by atoms with van der Waals surface area (Å²) in [5.74, 6) is -0.932. The Morgan fingerprint density at radius 3 is 2.47 bits per heavy atom. The molecule has 1 N–H and O–H groups in total. The van der Waals surface area contributed by atoms with Crippen LogP contribution in [-0.2, 0) is 0 Å². The van der Waals surface area contributed by atoms with E-state index in [1.165, 1.54) is 0 Å². The topological polar surface area (TPSA) is 20.2 Å². The Hall–Kier alpha value is -0.910. The van der Waals surface area contributed by atoms with Crippen LogP contribution >= 0.6 is 27.7 Å². The number of hydrogen-bond acceptors (Lipinski definition) is 2. The minimum absolute atomic E-state index is 0.227. The lowest BCUT2D eigenvalue weighted by Crippen LogP contribution is -1.91. The molecule has 1 atom stereocenters. The Bertz CT molecular complexity index is 602. The molecule has 100 valence electrons. The summed E-state index contributed by atoms with van der Waals surface area (Å²) in [6.07, 6.45) is -0.568. The molecule has 0 unspecified atom stereocenters. The second-order valence-electron chi connectivity index (χ2n) is 4.04. The lowest BCUT2D eigenvalue weighted by molar-refractivity contribution is 0.199. The Kier molecular flexibility index (Phi) is 4.60. The van der Waals surface area contributed by atoms with Crippen molar-refractivity contribution >= 4 is 27.7 Å². The van der Waals surface area contributed by atoms with Gasteiger partial charge in [0.15, 0.2) is 0 Å². The minimum atomic E-state index is -0.568. The summed E-state index contributed by atoms with van der Waals surface area (Å²) in [5, 5.41) is 9.47. The molecule has 0 amide bonds. The Morgan fingerprint density at radius 2 is 1.84 bits per heavy atom. The van der Waals surface area contributed by atoms with Crippen molar-refractivity contribution in [1.29, 1.82) is 0 Å². The summed E-state index contributed by atoms with van der Waals surface area (Å²) in [6.45, 7) is 1.67. The maximum Gasteiger partial charge on any atom is 0.137 e. The van der Waals surface area contributed by atoms with Gasteiger partial charge in [0.05, 0.1) is 11.0 Å². The van der Waals surface area contributed by atoms with Gasteiger partial charge in [-0.05, 0) is 58.7 Å². The highest BCUT2D eigenvalue weighted by atomic mass is 79.9. The summed E-state index contributed by atoms with van der Waals surface area (Å²) in [5.41, 5.74) is 0.760. The van der Waals surface area contributed by atoms with Gasteiger partial charge in [-0.3, -0.25) is 0 Å². The first-order valence-corrected chi connectivity index (χ1v) is 7.18. The summed E-state index contributed by atoms with van der Waals surface area (Å²) in [7, 11) is 0. The van der Waals surface area contributed by atoms with E-state index in [1.54, 1.807) is 25.1 Å². The Morgan fingerprint density at radius 1 is 1.11 bits per heavy atom. The smallest absolute Gasteiger partial charge is 0.137 e. The Labute approximate surface area is 122 Å². The predicted molar refractivity (Wildman–Crippen MR) is 75.3 cm³/mol. The fraction of sp³-hybridized carbons (Fsp3) is 0.143. The summed E-state index contributed by atoms with van der Waals surface area (Å²) < 4.78 is 27.4. The fourth-order valence-electron chi connectivity index (χ4n) is 1.53. The van der Waals surface area contributed by atoms with E-state index in [9.17, 15) is 13.9 Å². The monoisotopic (exact) mass is 344 g/mol. The van der Waals surface area contributed by atoms with Gasteiger partial charge in [-0.15, -0.1) is 0 Å². The standard InChI is InChI=1S/C14H11BrF2OS/c1-8(18)9-2-5-13(11(15)6-9)19-14-7-10(16)3-4-12(14)17/h2-8,18H,1H3/t8-/m1/s1. The SMILES string of the molecule is C[C@@H](O)c1ccc(Sc2cc(F)ccc2F)c(Br)c1. The third-order valence-corrected chi connectivity index (χ3v) is 4.58. The molecule has 0 saturated carbocycles. The zero-order chi connectivity index (χ0) is 14.0. The van der Waals surface area contributed by atoms with Gasteiger partial charge < -0.3 is 5.11 Å². The van der Waals surface area contributed by atoms with E-state index in [0.29, 0.717) is 0 Å². The van der Waals surface area contributed by atoms with E-state index in [4.69, 9.17) is 0 Å². The number of rotatable bonds is 3. The first-order valence-electron chi connectivity index (χ1n) is 5.58. The number of aliphatic hydroxyl groups is 1. The molecule has 2 aromatic rings. The van der Waals surface area contributed by atoms with Gasteiger partial charge in [-0.2, -0.15) is 0 Å². The van der Waals surface area contributed by atoms with Crippen LogP contribution in [0.5, 0.6) is 0 Å². The van der Waals surface area contributed by atoms with Crippen LogP contribution in [-0.4, -0.2) is 5.11 Å². The summed E-state index contributed by atoms with van der Waals surface area (Å²) >= 11 is 4.50. The molecule has 2 rings (SSSR count). The third kappa shape index (κ3) is 3.55. The second kappa shape index (κ2) is 6.03. The zero-order valence-electron chi connectivity index (χ0n) is 10.0. The lowest BCUT2D eigenvalue weighted by Gasteiger charge is -2.09. The van der Waals surface area contributed by atoms with E-state index in [0.717, 1.165) is 44.9 Å². The maximum atomic E-state index is 13.6. The molecule has 2 aromatic carbocycles. The van der Waals surface area contributed by atoms with Gasteiger partial charge in [0, 0.05) is 9.37 Å². The molecule has 5 heteroatoms. The quantitative estimate of drug-likeness (QED) is 0.851. The molecule has 0 aliphatic carbocycles. The molecule has 0 spiro atoms. The number of aliphatic hydroxyl groups excluding tert-OH is 1. The van der Waals surface area contributed by atoms with Crippen molar-refractivity contribution in [2.45, 2.75) is 22.8 Å². The average molecular weight is 345 g/mol. The van der Waals surface area contributed by atoms with Crippen molar-refractivity contribution in [2.24, 2.45) is 0 Å². The van der Waals surface area contributed by atoms with Crippen LogP contribution in [0.15, 0.2) is 50.7 Å². The van der Waals surface area contributed by atoms with Gasteiger partial charge in [-0.25, -0.2) is 8.78 Å². The lowest BCUT2D eigenvalue weighted by atomic mass is 10.1. The average Bonchev–Trinajstić information content (AvgIpc) is 2.36. The molecule has 0 fully saturated rings. The summed E-state index contributed by atoms with van der Waals surface area (Å²) in [4.78, 5) is 0.986. The Balaban J connectivity index is 2.31. The number of hydrogen-bond donors (Lipinski definition) is 1. The van der Waals surface area contributed by atoms with E-state index >= 15 is 0 Å². The van der Waals surface area contributed by atoms with Crippen LogP contribution in [0.25, 0.3) is 0 Å². The molecule has 0 radical (unpaired) electrons. The normalized spacial score (nSPS) is 12.5. The molecule has 0 bridgehead atoms. The molecule has 19 heavy (non-hydrogen) atoms. The maximum absolute atomic E-state index is 13.6. The molecule has 0 aliphatic rings. The van der Waals surface area contributed by atoms with Crippen LogP contribution in [0.3, 0.4) is 0 Å². The number of halogens is 3. The largest absolute Gasteiger partial charge is 0.389 e. The van der Waals surface area contributed by atoms with E-state index in [1.807, 2.05) is 0 Å². The predicted octanol–water partition coefficient (Wildman–Crippen LogP) is 4.93. The van der Waals surface area contributed by atoms with Crippen molar-refractivity contribution in [2.75, 3.05) is 0 Å². The number of benzene rings is 2. The summed E-state index contributed by atoms with van der Waals surface area (Å²) in [6, 6.07) is 8.65. The van der Waals surface area contributed by atoms with Gasteiger partial charge in [0.25, 0.3) is 0 Å². The van der Waals surface area contributed by atoms with Gasteiger partial charge in [0.1, 0.15) is 11.6 Å². The second-order valence-corrected chi connectivity index (χ2v) is 5.98. The van der Waals surface area contributed by atoms with Crippen LogP contribution < -0.4 is 0 Å².